The third-order valence-electron chi connectivity index (χ3n) is 10.2. The number of carbonyl (C=O) groups is 3. The molecule has 0 fully saturated rings. The SMILES string of the molecule is CCCC/C=C/CCCCCCCC(=O)OCC(COCCC(C(=O)[O-])[N+](C)(C)C)OC(=O)CCCCCCCCCCCCCCCCCCCC. The molecule has 53 heavy (non-hydrogen) atoms. The van der Waals surface area contributed by atoms with Crippen LogP contribution < -0.4 is 5.11 Å². The van der Waals surface area contributed by atoms with Gasteiger partial charge in [-0.15, -0.1) is 0 Å². The van der Waals surface area contributed by atoms with Crippen molar-refractivity contribution in [2.45, 2.75) is 219 Å². The topological polar surface area (TPSA) is 102 Å². The van der Waals surface area contributed by atoms with Crippen molar-refractivity contribution in [3.05, 3.63) is 12.2 Å². The summed E-state index contributed by atoms with van der Waals surface area (Å²) in [6.45, 7) is 4.64. The average Bonchev–Trinajstić information content (AvgIpc) is 3.11. The number of carboxylic acid groups (broad SMARTS) is 1. The third kappa shape index (κ3) is 35.5. The Bertz CT molecular complexity index is 885. The van der Waals surface area contributed by atoms with E-state index in [2.05, 4.69) is 26.0 Å². The second-order valence-corrected chi connectivity index (χ2v) is 16.3. The van der Waals surface area contributed by atoms with Crippen molar-refractivity contribution >= 4 is 17.9 Å². The molecule has 0 aliphatic rings. The van der Waals surface area contributed by atoms with Crippen molar-refractivity contribution in [1.29, 1.82) is 0 Å². The van der Waals surface area contributed by atoms with E-state index in [-0.39, 0.29) is 42.7 Å². The molecule has 0 N–H and O–H groups in total. The van der Waals surface area contributed by atoms with E-state index in [9.17, 15) is 19.5 Å². The zero-order valence-corrected chi connectivity index (χ0v) is 35.4. The maximum Gasteiger partial charge on any atom is 0.306 e. The molecule has 0 aliphatic carbocycles. The zero-order chi connectivity index (χ0) is 39.3. The van der Waals surface area contributed by atoms with Crippen LogP contribution in [0.3, 0.4) is 0 Å². The van der Waals surface area contributed by atoms with Crippen LogP contribution in [0.5, 0.6) is 0 Å². The average molecular weight is 752 g/mol. The molecule has 8 heteroatoms. The van der Waals surface area contributed by atoms with Gasteiger partial charge in [-0.05, 0) is 32.1 Å². The summed E-state index contributed by atoms with van der Waals surface area (Å²) in [4.78, 5) is 36.8. The lowest BCUT2D eigenvalue weighted by Crippen LogP contribution is -2.55. The highest BCUT2D eigenvalue weighted by atomic mass is 16.6. The minimum absolute atomic E-state index is 0.0436. The maximum atomic E-state index is 12.7. The summed E-state index contributed by atoms with van der Waals surface area (Å²) in [5, 5.41) is 11.6. The molecule has 0 saturated carbocycles. The molecule has 0 amide bonds. The number of likely N-dealkylation sites (N-methyl/N-ethyl adjacent to an activating group) is 1. The smallest absolute Gasteiger partial charge is 0.306 e. The van der Waals surface area contributed by atoms with Crippen molar-refractivity contribution in [3.63, 3.8) is 0 Å². The van der Waals surface area contributed by atoms with Crippen LogP contribution in [0.2, 0.25) is 0 Å². The van der Waals surface area contributed by atoms with Crippen molar-refractivity contribution in [2.75, 3.05) is 41.0 Å². The van der Waals surface area contributed by atoms with E-state index in [1.807, 2.05) is 0 Å². The molecular weight excluding hydrogens is 666 g/mol. The number of esters is 2. The molecule has 0 aromatic carbocycles. The molecule has 0 spiro atoms. The second kappa shape index (κ2) is 37.0. The highest BCUT2D eigenvalue weighted by Gasteiger charge is 2.25. The molecule has 312 valence electrons. The molecular formula is C45H85NO7. The fourth-order valence-corrected chi connectivity index (χ4v) is 6.64. The van der Waals surface area contributed by atoms with E-state index in [1.165, 1.54) is 122 Å². The first kappa shape index (κ1) is 51.1. The molecule has 0 radical (unpaired) electrons. The third-order valence-corrected chi connectivity index (χ3v) is 10.2. The van der Waals surface area contributed by atoms with Gasteiger partial charge in [-0.25, -0.2) is 0 Å². The van der Waals surface area contributed by atoms with Gasteiger partial charge < -0.3 is 28.6 Å². The number of ether oxygens (including phenoxy) is 3. The summed E-state index contributed by atoms with van der Waals surface area (Å²) < 4.78 is 17.1. The lowest BCUT2D eigenvalue weighted by molar-refractivity contribution is -0.889. The number of unbranched alkanes of at least 4 members (excludes halogenated alkanes) is 24. The zero-order valence-electron chi connectivity index (χ0n) is 35.4. The van der Waals surface area contributed by atoms with Crippen molar-refractivity contribution in [1.82, 2.24) is 0 Å². The van der Waals surface area contributed by atoms with E-state index in [0.717, 1.165) is 51.4 Å². The summed E-state index contributed by atoms with van der Waals surface area (Å²) >= 11 is 0. The summed E-state index contributed by atoms with van der Waals surface area (Å²) in [7, 11) is 5.41. The Morgan fingerprint density at radius 1 is 0.547 bits per heavy atom. The van der Waals surface area contributed by atoms with Gasteiger partial charge in [0.15, 0.2) is 6.10 Å². The van der Waals surface area contributed by atoms with E-state index >= 15 is 0 Å². The number of hydrogen-bond donors (Lipinski definition) is 0. The lowest BCUT2D eigenvalue weighted by atomic mass is 10.0. The van der Waals surface area contributed by atoms with Crippen molar-refractivity contribution < 1.29 is 38.2 Å². The highest BCUT2D eigenvalue weighted by Crippen LogP contribution is 2.16. The number of nitrogens with zero attached hydrogens (tertiary/aromatic N) is 1. The summed E-state index contributed by atoms with van der Waals surface area (Å²) in [6, 6.07) is -0.722. The van der Waals surface area contributed by atoms with E-state index in [4.69, 9.17) is 14.2 Å². The molecule has 2 atom stereocenters. The van der Waals surface area contributed by atoms with Gasteiger partial charge in [0.2, 0.25) is 0 Å². The normalized spacial score (nSPS) is 13.0. The number of allylic oxidation sites excluding steroid dienone is 2. The maximum absolute atomic E-state index is 12.7. The van der Waals surface area contributed by atoms with Crippen LogP contribution in [-0.2, 0) is 28.6 Å². The van der Waals surface area contributed by atoms with E-state index in [1.54, 1.807) is 21.1 Å². The van der Waals surface area contributed by atoms with Gasteiger partial charge >= 0.3 is 11.9 Å². The predicted molar refractivity (Wildman–Crippen MR) is 217 cm³/mol. The summed E-state index contributed by atoms with van der Waals surface area (Å²) in [5.41, 5.74) is 0. The fraction of sp³-hybridized carbons (Fsp3) is 0.889. The highest BCUT2D eigenvalue weighted by molar-refractivity contribution is 5.70. The Morgan fingerprint density at radius 2 is 0.962 bits per heavy atom. The molecule has 0 aromatic rings. The molecule has 0 saturated heterocycles. The Balaban J connectivity index is 4.27. The van der Waals surface area contributed by atoms with Crippen LogP contribution in [0.1, 0.15) is 206 Å². The summed E-state index contributed by atoms with van der Waals surface area (Å²) in [6.07, 6.45) is 38.0. The largest absolute Gasteiger partial charge is 0.544 e. The van der Waals surface area contributed by atoms with E-state index in [0.29, 0.717) is 12.8 Å². The quantitative estimate of drug-likeness (QED) is 0.0266. The van der Waals surface area contributed by atoms with Gasteiger partial charge in [-0.3, -0.25) is 9.59 Å². The van der Waals surface area contributed by atoms with Crippen LogP contribution in [0.25, 0.3) is 0 Å². The van der Waals surface area contributed by atoms with Crippen LogP contribution in [0.15, 0.2) is 12.2 Å². The molecule has 0 rings (SSSR count). The summed E-state index contributed by atoms with van der Waals surface area (Å²) in [5.74, 6) is -1.73. The number of carboxylic acids is 1. The molecule has 2 unspecified atom stereocenters. The Hall–Kier alpha value is -1.93. The number of aliphatic carboxylic acids is 1. The Labute approximate surface area is 327 Å². The molecule has 0 heterocycles. The monoisotopic (exact) mass is 752 g/mol. The van der Waals surface area contributed by atoms with Gasteiger partial charge in [-0.1, -0.05) is 167 Å². The Morgan fingerprint density at radius 3 is 1.42 bits per heavy atom. The molecule has 0 aliphatic heterocycles. The fourth-order valence-electron chi connectivity index (χ4n) is 6.64. The minimum Gasteiger partial charge on any atom is -0.544 e. The second-order valence-electron chi connectivity index (χ2n) is 16.3. The Kier molecular flexibility index (Phi) is 35.7. The molecule has 0 aromatic heterocycles. The van der Waals surface area contributed by atoms with Crippen LogP contribution in [0.4, 0.5) is 0 Å². The predicted octanol–water partition coefficient (Wildman–Crippen LogP) is 10.6. The van der Waals surface area contributed by atoms with Crippen LogP contribution in [-0.4, -0.2) is 75.5 Å². The van der Waals surface area contributed by atoms with Crippen molar-refractivity contribution in [3.8, 4) is 0 Å². The van der Waals surface area contributed by atoms with Gasteiger partial charge in [-0.2, -0.15) is 0 Å². The van der Waals surface area contributed by atoms with Crippen LogP contribution >= 0.6 is 0 Å². The van der Waals surface area contributed by atoms with Gasteiger partial charge in [0.1, 0.15) is 12.6 Å². The van der Waals surface area contributed by atoms with Gasteiger partial charge in [0.25, 0.3) is 0 Å². The minimum atomic E-state index is -1.12. The van der Waals surface area contributed by atoms with Gasteiger partial charge in [0.05, 0.1) is 40.3 Å². The number of rotatable bonds is 40. The van der Waals surface area contributed by atoms with Crippen molar-refractivity contribution in [2.24, 2.45) is 0 Å². The standard InChI is InChI=1S/C45H85NO7/c1-6-8-10-12-14-16-18-19-20-21-22-23-24-26-28-30-32-34-36-44(48)53-41(39-51-38-37-42(45(49)50)46(3,4)5)40-52-43(47)35-33-31-29-27-25-17-15-13-11-9-7-2/h13,15,41-42H,6-12,14,16-40H2,1-5H3/b15-13+. The van der Waals surface area contributed by atoms with E-state index < -0.39 is 18.1 Å². The first-order valence-electron chi connectivity index (χ1n) is 22.2. The lowest BCUT2D eigenvalue weighted by Gasteiger charge is -2.34. The number of quaternary nitrogens is 1. The van der Waals surface area contributed by atoms with Gasteiger partial charge in [0, 0.05) is 19.3 Å². The number of carbonyl (C=O) groups excluding carboxylic acids is 3. The first-order chi connectivity index (χ1) is 25.6. The van der Waals surface area contributed by atoms with Crippen LogP contribution in [0, 0.1) is 0 Å². The molecule has 0 bridgehead atoms. The number of hydrogen-bond acceptors (Lipinski definition) is 7. The molecule has 8 nitrogen and oxygen atoms in total. The first-order valence-corrected chi connectivity index (χ1v) is 22.2.